The number of carbonyl (C=O) groups excluding carboxylic acids is 1. The van der Waals surface area contributed by atoms with E-state index in [9.17, 15) is 13.6 Å². The highest BCUT2D eigenvalue weighted by molar-refractivity contribution is 5.98. The van der Waals surface area contributed by atoms with E-state index in [2.05, 4.69) is 5.32 Å². The first-order valence-corrected chi connectivity index (χ1v) is 6.64. The Hall–Kier alpha value is -2.23. The second-order valence-corrected chi connectivity index (χ2v) is 5.57. The van der Waals surface area contributed by atoms with Crippen LogP contribution in [0, 0.1) is 18.6 Å². The van der Waals surface area contributed by atoms with Gasteiger partial charge in [-0.1, -0.05) is 29.8 Å². The fourth-order valence-electron chi connectivity index (χ4n) is 1.96. The number of nitrogens with one attached hydrogen (secondary N) is 1. The molecule has 2 aromatic carbocycles. The highest BCUT2D eigenvalue weighted by Gasteiger charge is 2.29. The molecule has 0 saturated carbocycles. The van der Waals surface area contributed by atoms with Crippen LogP contribution in [0.5, 0.6) is 0 Å². The predicted molar refractivity (Wildman–Crippen MR) is 79.2 cm³/mol. The molecular weight excluding hydrogens is 272 g/mol. The van der Waals surface area contributed by atoms with E-state index in [1.807, 2.05) is 31.2 Å². The molecule has 2 rings (SSSR count). The Balaban J connectivity index is 2.21. The monoisotopic (exact) mass is 289 g/mol. The molecule has 1 amide bonds. The maximum absolute atomic E-state index is 13.2. The van der Waals surface area contributed by atoms with Gasteiger partial charge in [0.25, 0.3) is 0 Å². The summed E-state index contributed by atoms with van der Waals surface area (Å²) in [6.45, 7) is 5.54. The molecule has 2 nitrogen and oxygen atoms in total. The summed E-state index contributed by atoms with van der Waals surface area (Å²) in [6.07, 6.45) is 0. The topological polar surface area (TPSA) is 29.1 Å². The van der Waals surface area contributed by atoms with Crippen LogP contribution in [0.25, 0.3) is 0 Å². The van der Waals surface area contributed by atoms with Crippen LogP contribution in [0.15, 0.2) is 42.5 Å². The van der Waals surface area contributed by atoms with Crippen LogP contribution < -0.4 is 5.32 Å². The minimum Gasteiger partial charge on any atom is -0.325 e. The molecule has 0 aliphatic carbocycles. The van der Waals surface area contributed by atoms with Crippen LogP contribution >= 0.6 is 0 Å². The van der Waals surface area contributed by atoms with Crippen molar-refractivity contribution in [2.24, 2.45) is 0 Å². The van der Waals surface area contributed by atoms with Crippen LogP contribution in [0.3, 0.4) is 0 Å². The Kier molecular flexibility index (Phi) is 4.07. The maximum atomic E-state index is 13.2. The van der Waals surface area contributed by atoms with Crippen molar-refractivity contribution in [3.8, 4) is 0 Å². The molecule has 0 fully saturated rings. The van der Waals surface area contributed by atoms with E-state index in [4.69, 9.17) is 0 Å². The normalized spacial score (nSPS) is 11.3. The predicted octanol–water partition coefficient (Wildman–Crippen LogP) is 4.19. The van der Waals surface area contributed by atoms with Crippen LogP contribution in [0.1, 0.15) is 25.0 Å². The Morgan fingerprint density at radius 3 is 2.19 bits per heavy atom. The summed E-state index contributed by atoms with van der Waals surface area (Å²) < 4.78 is 26.1. The van der Waals surface area contributed by atoms with Crippen molar-refractivity contribution < 1.29 is 13.6 Å². The molecule has 2 aromatic rings. The second kappa shape index (κ2) is 5.64. The molecule has 0 heterocycles. The number of hydrogen-bond acceptors (Lipinski definition) is 1. The van der Waals surface area contributed by atoms with Gasteiger partial charge in [-0.25, -0.2) is 8.78 Å². The minimum atomic E-state index is -0.985. The Morgan fingerprint density at radius 2 is 1.62 bits per heavy atom. The van der Waals surface area contributed by atoms with Crippen molar-refractivity contribution in [1.29, 1.82) is 0 Å². The van der Waals surface area contributed by atoms with Crippen molar-refractivity contribution in [2.45, 2.75) is 26.2 Å². The number of hydrogen-bond donors (Lipinski definition) is 1. The lowest BCUT2D eigenvalue weighted by molar-refractivity contribution is -0.120. The number of aryl methyl sites for hydroxylation is 1. The van der Waals surface area contributed by atoms with E-state index >= 15 is 0 Å². The average molecular weight is 289 g/mol. The van der Waals surface area contributed by atoms with Crippen LogP contribution in [-0.4, -0.2) is 5.91 Å². The molecule has 110 valence electrons. The van der Waals surface area contributed by atoms with Gasteiger partial charge in [0.2, 0.25) is 5.91 Å². The average Bonchev–Trinajstić information content (AvgIpc) is 2.43. The van der Waals surface area contributed by atoms with Gasteiger partial charge in [0.15, 0.2) is 11.6 Å². The Bertz CT molecular complexity index is 663. The lowest BCUT2D eigenvalue weighted by Crippen LogP contribution is -2.34. The summed E-state index contributed by atoms with van der Waals surface area (Å²) in [5, 5.41) is 2.62. The molecule has 0 aliphatic heterocycles. The molecule has 0 radical (unpaired) electrons. The van der Waals surface area contributed by atoms with Crippen molar-refractivity contribution in [3.05, 3.63) is 65.2 Å². The molecule has 0 atom stereocenters. The third-order valence-electron chi connectivity index (χ3n) is 3.52. The van der Waals surface area contributed by atoms with Crippen molar-refractivity contribution in [3.63, 3.8) is 0 Å². The van der Waals surface area contributed by atoms with Gasteiger partial charge in [-0.15, -0.1) is 0 Å². The molecule has 0 unspecified atom stereocenters. The fraction of sp³-hybridized carbons (Fsp3) is 0.235. The van der Waals surface area contributed by atoms with Crippen molar-refractivity contribution in [2.75, 3.05) is 5.32 Å². The standard InChI is InChI=1S/C17H17F2NO/c1-11-4-6-12(7-5-11)17(2,3)16(21)20-13-8-9-14(18)15(19)10-13/h4-10H,1-3H3,(H,20,21). The number of anilines is 1. The molecule has 0 bridgehead atoms. The lowest BCUT2D eigenvalue weighted by Gasteiger charge is -2.24. The molecule has 4 heteroatoms. The minimum absolute atomic E-state index is 0.235. The number of carbonyl (C=O) groups is 1. The second-order valence-electron chi connectivity index (χ2n) is 5.57. The van der Waals surface area contributed by atoms with Gasteiger partial charge in [-0.3, -0.25) is 4.79 Å². The summed E-state index contributed by atoms with van der Waals surface area (Å²) in [5.74, 6) is -2.20. The highest BCUT2D eigenvalue weighted by atomic mass is 19.2. The SMILES string of the molecule is Cc1ccc(C(C)(C)C(=O)Nc2ccc(F)c(F)c2)cc1. The molecular formula is C17H17F2NO. The van der Waals surface area contributed by atoms with Gasteiger partial charge < -0.3 is 5.32 Å². The number of benzene rings is 2. The van der Waals surface area contributed by atoms with Gasteiger partial charge in [0.1, 0.15) is 0 Å². The third kappa shape index (κ3) is 3.27. The first kappa shape index (κ1) is 15.2. The summed E-state index contributed by atoms with van der Waals surface area (Å²) in [7, 11) is 0. The zero-order valence-electron chi connectivity index (χ0n) is 12.2. The Morgan fingerprint density at radius 1 is 1.00 bits per heavy atom. The van der Waals surface area contributed by atoms with Crippen LogP contribution in [0.2, 0.25) is 0 Å². The summed E-state index contributed by atoms with van der Waals surface area (Å²) in [4.78, 5) is 12.4. The van der Waals surface area contributed by atoms with Gasteiger partial charge in [0, 0.05) is 11.8 Å². The zero-order valence-corrected chi connectivity index (χ0v) is 12.2. The Labute approximate surface area is 122 Å². The quantitative estimate of drug-likeness (QED) is 0.902. The van der Waals surface area contributed by atoms with Gasteiger partial charge >= 0.3 is 0 Å². The van der Waals surface area contributed by atoms with Crippen molar-refractivity contribution >= 4 is 11.6 Å². The van der Waals surface area contributed by atoms with Gasteiger partial charge in [-0.2, -0.15) is 0 Å². The van der Waals surface area contributed by atoms with Gasteiger partial charge in [-0.05, 0) is 38.5 Å². The van der Waals surface area contributed by atoms with E-state index < -0.39 is 17.0 Å². The zero-order chi connectivity index (χ0) is 15.6. The molecule has 0 spiro atoms. The third-order valence-corrected chi connectivity index (χ3v) is 3.52. The number of amides is 1. The van der Waals surface area contributed by atoms with E-state index in [0.717, 1.165) is 23.3 Å². The summed E-state index contributed by atoms with van der Waals surface area (Å²) in [6, 6.07) is 10.9. The van der Waals surface area contributed by atoms with E-state index in [0.29, 0.717) is 0 Å². The van der Waals surface area contributed by atoms with E-state index in [-0.39, 0.29) is 11.6 Å². The number of rotatable bonds is 3. The summed E-state index contributed by atoms with van der Waals surface area (Å²) in [5.41, 5.74) is 1.42. The molecule has 0 aliphatic rings. The largest absolute Gasteiger partial charge is 0.325 e. The van der Waals surface area contributed by atoms with Crippen molar-refractivity contribution in [1.82, 2.24) is 0 Å². The summed E-state index contributed by atoms with van der Waals surface area (Å²) >= 11 is 0. The lowest BCUT2D eigenvalue weighted by atomic mass is 9.83. The maximum Gasteiger partial charge on any atom is 0.234 e. The first-order chi connectivity index (χ1) is 9.80. The fourth-order valence-corrected chi connectivity index (χ4v) is 1.96. The number of halogens is 2. The van der Waals surface area contributed by atoms with E-state index in [1.165, 1.54) is 6.07 Å². The van der Waals surface area contributed by atoms with Crippen LogP contribution in [0.4, 0.5) is 14.5 Å². The smallest absolute Gasteiger partial charge is 0.234 e. The molecule has 0 aromatic heterocycles. The molecule has 1 N–H and O–H groups in total. The first-order valence-electron chi connectivity index (χ1n) is 6.64. The van der Waals surface area contributed by atoms with E-state index in [1.54, 1.807) is 13.8 Å². The molecule has 21 heavy (non-hydrogen) atoms. The van der Waals surface area contributed by atoms with Gasteiger partial charge in [0.05, 0.1) is 5.41 Å². The highest BCUT2D eigenvalue weighted by Crippen LogP contribution is 2.26. The van der Waals surface area contributed by atoms with Crippen LogP contribution in [-0.2, 0) is 10.2 Å². The molecule has 0 saturated heterocycles.